The van der Waals surface area contributed by atoms with E-state index in [1.165, 1.54) is 0 Å². The average Bonchev–Trinajstić information content (AvgIpc) is 2.32. The topological polar surface area (TPSA) is 17.1 Å². The van der Waals surface area contributed by atoms with E-state index < -0.39 is 11.5 Å². The normalized spacial score (nSPS) is 18.2. The summed E-state index contributed by atoms with van der Waals surface area (Å²) in [5, 5.41) is -1.02. The minimum absolute atomic E-state index is 0.714. The maximum Gasteiger partial charge on any atom is 0.306 e. The van der Waals surface area contributed by atoms with Crippen molar-refractivity contribution in [3.05, 3.63) is 11.0 Å². The zero-order chi connectivity index (χ0) is 9.68. The van der Waals surface area contributed by atoms with Crippen LogP contribution in [0.2, 0.25) is 0 Å². The van der Waals surface area contributed by atoms with Crippen molar-refractivity contribution in [2.24, 2.45) is 0 Å². The number of carbonyl (C=O) groups excluding carboxylic acids is 1. The zero-order valence-electron chi connectivity index (χ0n) is 7.26. The summed E-state index contributed by atoms with van der Waals surface area (Å²) in [6.45, 7) is 0. The third-order valence-electron chi connectivity index (χ3n) is 1.91. The van der Waals surface area contributed by atoms with E-state index in [-0.39, 0.29) is 0 Å². The monoisotopic (exact) mass is 206 g/mol. The molecule has 0 unspecified atom stereocenters. The number of hydrogen-bond donors (Lipinski definition) is 0. The van der Waals surface area contributed by atoms with Crippen molar-refractivity contribution in [3.8, 4) is 0 Å². The van der Waals surface area contributed by atoms with Gasteiger partial charge < -0.3 is 0 Å². The van der Waals surface area contributed by atoms with Crippen LogP contribution in [0.1, 0.15) is 32.1 Å². The Morgan fingerprint density at radius 2 is 2.15 bits per heavy atom. The van der Waals surface area contributed by atoms with Gasteiger partial charge in [0.1, 0.15) is 0 Å². The molecule has 13 heavy (non-hydrogen) atoms. The van der Waals surface area contributed by atoms with Gasteiger partial charge in [-0.2, -0.15) is 0 Å². The van der Waals surface area contributed by atoms with Gasteiger partial charge in [0.05, 0.1) is 0 Å². The van der Waals surface area contributed by atoms with Crippen molar-refractivity contribution in [2.75, 3.05) is 0 Å². The van der Waals surface area contributed by atoms with Crippen LogP contribution < -0.4 is 0 Å². The molecule has 0 heterocycles. The molecule has 4 heteroatoms. The van der Waals surface area contributed by atoms with Gasteiger partial charge >= 0.3 is 6.43 Å². The smallest absolute Gasteiger partial charge is 0.280 e. The molecule has 0 radical (unpaired) electrons. The van der Waals surface area contributed by atoms with Crippen LogP contribution in [0, 0.1) is 0 Å². The standard InChI is InChI=1S/C9H12F2OS/c10-8(11)9(12)13-7-5-3-1-2-4-6-7/h5,8H,1-4,6H2. The van der Waals surface area contributed by atoms with Gasteiger partial charge in [0.15, 0.2) is 0 Å². The van der Waals surface area contributed by atoms with Gasteiger partial charge in [0, 0.05) is 0 Å². The maximum atomic E-state index is 11.9. The lowest BCUT2D eigenvalue weighted by molar-refractivity contribution is -0.120. The molecular formula is C9H12F2OS. The number of alkyl halides is 2. The Morgan fingerprint density at radius 1 is 1.38 bits per heavy atom. The molecule has 1 aliphatic carbocycles. The number of hydrogen-bond acceptors (Lipinski definition) is 2. The summed E-state index contributed by atoms with van der Waals surface area (Å²) in [4.78, 5) is 11.5. The van der Waals surface area contributed by atoms with E-state index in [0.29, 0.717) is 11.8 Å². The molecule has 0 bridgehead atoms. The second-order valence-corrected chi connectivity index (χ2v) is 4.12. The summed E-state index contributed by atoms with van der Waals surface area (Å²) >= 11 is 0.714. The van der Waals surface area contributed by atoms with E-state index in [1.807, 2.05) is 6.08 Å². The third-order valence-corrected chi connectivity index (χ3v) is 2.92. The highest BCUT2D eigenvalue weighted by atomic mass is 32.2. The molecule has 0 saturated heterocycles. The Balaban J connectivity index is 2.42. The molecule has 0 N–H and O–H groups in total. The second-order valence-electron chi connectivity index (χ2n) is 2.99. The number of thioether (sulfide) groups is 1. The van der Waals surface area contributed by atoms with E-state index >= 15 is 0 Å². The molecule has 1 rings (SSSR count). The van der Waals surface area contributed by atoms with Gasteiger partial charge in [0.2, 0.25) is 0 Å². The van der Waals surface area contributed by atoms with Crippen molar-refractivity contribution in [2.45, 2.75) is 38.5 Å². The predicted octanol–water partition coefficient (Wildman–Crippen LogP) is 3.36. The van der Waals surface area contributed by atoms with E-state index in [1.54, 1.807) is 0 Å². The van der Waals surface area contributed by atoms with Crippen LogP contribution in [0.5, 0.6) is 0 Å². The van der Waals surface area contributed by atoms with Gasteiger partial charge in [-0.05, 0) is 30.6 Å². The van der Waals surface area contributed by atoms with Crippen LogP contribution in [-0.4, -0.2) is 11.5 Å². The first-order chi connectivity index (χ1) is 6.20. The summed E-state index contributed by atoms with van der Waals surface area (Å²) in [5.41, 5.74) is 0. The van der Waals surface area contributed by atoms with E-state index in [0.717, 1.165) is 37.0 Å². The molecule has 0 aliphatic heterocycles. The van der Waals surface area contributed by atoms with Crippen LogP contribution in [0.15, 0.2) is 11.0 Å². The van der Waals surface area contributed by atoms with E-state index in [9.17, 15) is 13.6 Å². The molecule has 0 atom stereocenters. The van der Waals surface area contributed by atoms with Gasteiger partial charge in [-0.1, -0.05) is 24.3 Å². The van der Waals surface area contributed by atoms with E-state index in [2.05, 4.69) is 0 Å². The molecule has 1 nitrogen and oxygen atoms in total. The Labute approximate surface area is 80.6 Å². The van der Waals surface area contributed by atoms with Crippen molar-refractivity contribution in [1.82, 2.24) is 0 Å². The van der Waals surface area contributed by atoms with Gasteiger partial charge in [-0.3, -0.25) is 4.79 Å². The summed E-state index contributed by atoms with van der Waals surface area (Å²) in [6, 6.07) is 0. The fourth-order valence-electron chi connectivity index (χ4n) is 1.25. The molecule has 0 aromatic rings. The Morgan fingerprint density at radius 3 is 2.85 bits per heavy atom. The summed E-state index contributed by atoms with van der Waals surface area (Å²) in [5.74, 6) is 0. The quantitative estimate of drug-likeness (QED) is 0.689. The largest absolute Gasteiger partial charge is 0.306 e. The SMILES string of the molecule is O=C(SC1=CCCCCC1)C(F)F. The van der Waals surface area contributed by atoms with Crippen molar-refractivity contribution >= 4 is 16.9 Å². The number of carbonyl (C=O) groups is 1. The van der Waals surface area contributed by atoms with Crippen molar-refractivity contribution < 1.29 is 13.6 Å². The minimum atomic E-state index is -2.84. The first-order valence-electron chi connectivity index (χ1n) is 4.39. The fraction of sp³-hybridized carbons (Fsp3) is 0.667. The zero-order valence-corrected chi connectivity index (χ0v) is 8.08. The highest BCUT2D eigenvalue weighted by Crippen LogP contribution is 2.28. The van der Waals surface area contributed by atoms with Crippen LogP contribution >= 0.6 is 11.8 Å². The van der Waals surface area contributed by atoms with Crippen LogP contribution in [-0.2, 0) is 4.79 Å². The highest BCUT2D eigenvalue weighted by molar-refractivity contribution is 8.17. The molecule has 1 aliphatic rings. The molecule has 0 amide bonds. The first-order valence-corrected chi connectivity index (χ1v) is 5.20. The van der Waals surface area contributed by atoms with Gasteiger partial charge in [0.25, 0.3) is 5.12 Å². The summed E-state index contributed by atoms with van der Waals surface area (Å²) in [6.07, 6.45) is 4.01. The molecule has 0 saturated carbocycles. The number of halogens is 2. The molecule has 0 spiro atoms. The fourth-order valence-corrected chi connectivity index (χ4v) is 2.05. The van der Waals surface area contributed by atoms with Crippen LogP contribution in [0.4, 0.5) is 8.78 Å². The van der Waals surface area contributed by atoms with Crippen molar-refractivity contribution in [1.29, 1.82) is 0 Å². The Hall–Kier alpha value is -0.380. The Kier molecular flexibility index (Phi) is 4.42. The predicted molar refractivity (Wildman–Crippen MR) is 49.8 cm³/mol. The molecule has 0 aromatic carbocycles. The van der Waals surface area contributed by atoms with Gasteiger partial charge in [-0.25, -0.2) is 8.78 Å². The molecular weight excluding hydrogens is 194 g/mol. The first kappa shape index (κ1) is 10.7. The van der Waals surface area contributed by atoms with Crippen molar-refractivity contribution in [3.63, 3.8) is 0 Å². The van der Waals surface area contributed by atoms with Gasteiger partial charge in [-0.15, -0.1) is 0 Å². The third kappa shape index (κ3) is 3.89. The summed E-state index contributed by atoms with van der Waals surface area (Å²) in [7, 11) is 0. The number of allylic oxidation sites excluding steroid dienone is 2. The maximum absolute atomic E-state index is 11.9. The number of rotatable bonds is 2. The second kappa shape index (κ2) is 5.37. The molecule has 74 valence electrons. The van der Waals surface area contributed by atoms with E-state index in [4.69, 9.17) is 0 Å². The lowest BCUT2D eigenvalue weighted by atomic mass is 10.2. The lowest BCUT2D eigenvalue weighted by Crippen LogP contribution is -2.04. The molecule has 0 fully saturated rings. The minimum Gasteiger partial charge on any atom is -0.280 e. The summed E-state index contributed by atoms with van der Waals surface area (Å²) < 4.78 is 23.8. The van der Waals surface area contributed by atoms with Crippen LogP contribution in [0.3, 0.4) is 0 Å². The molecule has 0 aromatic heterocycles. The van der Waals surface area contributed by atoms with Crippen LogP contribution in [0.25, 0.3) is 0 Å². The Bertz CT molecular complexity index is 214. The highest BCUT2D eigenvalue weighted by Gasteiger charge is 2.18. The lowest BCUT2D eigenvalue weighted by Gasteiger charge is -2.02. The average molecular weight is 206 g/mol.